The molecule has 52 heavy (non-hydrogen) atoms. The van der Waals surface area contributed by atoms with E-state index in [0.29, 0.717) is 0 Å². The molecule has 0 unspecified atom stereocenters. The molecule has 2 nitrogen and oxygen atoms in total. The summed E-state index contributed by atoms with van der Waals surface area (Å²) in [5.74, 6) is 0. The van der Waals surface area contributed by atoms with Crippen molar-refractivity contribution in [3.63, 3.8) is 0 Å². The minimum Gasteiger partial charge on any atom is -0.310 e. The lowest BCUT2D eigenvalue weighted by atomic mass is 9.99. The predicted molar refractivity (Wildman–Crippen MR) is 229 cm³/mol. The maximum atomic E-state index is 2.39. The second kappa shape index (κ2) is 12.4. The third-order valence-electron chi connectivity index (χ3n) is 10.1. The lowest BCUT2D eigenvalue weighted by molar-refractivity contribution is 1.28. The molecule has 0 atom stereocenters. The van der Waals surface area contributed by atoms with E-state index in [9.17, 15) is 0 Å². The zero-order chi connectivity index (χ0) is 34.8. The van der Waals surface area contributed by atoms with Crippen LogP contribution in [0.3, 0.4) is 0 Å². The molecule has 0 N–H and O–H groups in total. The van der Waals surface area contributed by atoms with Crippen molar-refractivity contribution < 1.29 is 0 Å². The summed E-state index contributed by atoms with van der Waals surface area (Å²) in [5, 5.41) is 7.97. The van der Waals surface area contributed by atoms with Crippen molar-refractivity contribution in [3.05, 3.63) is 181 Å². The number of thiophene rings is 2. The molecule has 0 fully saturated rings. The van der Waals surface area contributed by atoms with Crippen molar-refractivity contribution in [1.29, 1.82) is 0 Å². The molecule has 2 aromatic heterocycles. The standard InChI is InChI=1S/C48H34N2S2/c1-31-13-11-19-35(27-31)49(33-15-5-3-6-16-33)37-23-25-41-43(29-37)51-47-45(41)39-21-9-10-22-40(39)46-42-26-24-38(30-44(42)52-48(46)47)50(34-17-7-4-8-18-34)36-20-12-14-32(2)28-36/h3-30H,1-2H3. The number of benzene rings is 8. The molecule has 0 saturated carbocycles. The van der Waals surface area contributed by atoms with E-state index in [-0.39, 0.29) is 0 Å². The lowest BCUT2D eigenvalue weighted by Gasteiger charge is -2.25. The van der Waals surface area contributed by atoms with Gasteiger partial charge in [-0.15, -0.1) is 22.7 Å². The number of rotatable bonds is 6. The van der Waals surface area contributed by atoms with Gasteiger partial charge in [0.15, 0.2) is 0 Å². The van der Waals surface area contributed by atoms with Crippen LogP contribution in [0.4, 0.5) is 34.1 Å². The van der Waals surface area contributed by atoms with Crippen molar-refractivity contribution in [2.75, 3.05) is 9.80 Å². The maximum absolute atomic E-state index is 2.39. The van der Waals surface area contributed by atoms with E-state index in [1.165, 1.54) is 62.2 Å². The van der Waals surface area contributed by atoms with Gasteiger partial charge >= 0.3 is 0 Å². The zero-order valence-electron chi connectivity index (χ0n) is 28.9. The van der Waals surface area contributed by atoms with Crippen LogP contribution in [0.5, 0.6) is 0 Å². The van der Waals surface area contributed by atoms with E-state index in [2.05, 4.69) is 194 Å². The molecule has 10 aromatic rings. The second-order valence-electron chi connectivity index (χ2n) is 13.5. The largest absolute Gasteiger partial charge is 0.310 e. The number of fused-ring (bicyclic) bond motifs is 10. The molecule has 0 saturated heterocycles. The normalized spacial score (nSPS) is 11.7. The third kappa shape index (κ3) is 5.06. The van der Waals surface area contributed by atoms with Crippen LogP contribution in [0.25, 0.3) is 51.1 Å². The van der Waals surface area contributed by atoms with Crippen LogP contribution in [-0.4, -0.2) is 0 Å². The van der Waals surface area contributed by atoms with E-state index in [0.717, 1.165) is 34.1 Å². The van der Waals surface area contributed by atoms with Crippen molar-refractivity contribution in [2.45, 2.75) is 13.8 Å². The van der Waals surface area contributed by atoms with Crippen LogP contribution < -0.4 is 9.80 Å². The Bertz CT molecular complexity index is 2740. The van der Waals surface area contributed by atoms with E-state index < -0.39 is 0 Å². The van der Waals surface area contributed by atoms with Crippen molar-refractivity contribution in [1.82, 2.24) is 0 Å². The van der Waals surface area contributed by atoms with Gasteiger partial charge < -0.3 is 9.80 Å². The highest BCUT2D eigenvalue weighted by atomic mass is 32.1. The summed E-state index contributed by atoms with van der Waals surface area (Å²) in [6.07, 6.45) is 0. The number of hydrogen-bond donors (Lipinski definition) is 0. The summed E-state index contributed by atoms with van der Waals surface area (Å²) in [6.45, 7) is 4.32. The van der Waals surface area contributed by atoms with Gasteiger partial charge in [-0.25, -0.2) is 0 Å². The van der Waals surface area contributed by atoms with E-state index in [1.54, 1.807) is 0 Å². The Kier molecular flexibility index (Phi) is 7.34. The lowest BCUT2D eigenvalue weighted by Crippen LogP contribution is -2.09. The van der Waals surface area contributed by atoms with Crippen molar-refractivity contribution >= 4 is 108 Å². The highest BCUT2D eigenvalue weighted by Crippen LogP contribution is 2.51. The van der Waals surface area contributed by atoms with Crippen LogP contribution in [-0.2, 0) is 0 Å². The highest BCUT2D eigenvalue weighted by Gasteiger charge is 2.21. The van der Waals surface area contributed by atoms with E-state index >= 15 is 0 Å². The number of nitrogens with zero attached hydrogens (tertiary/aromatic N) is 2. The van der Waals surface area contributed by atoms with Gasteiger partial charge in [-0.1, -0.05) is 97.1 Å². The van der Waals surface area contributed by atoms with Gasteiger partial charge in [0.2, 0.25) is 0 Å². The molecule has 10 rings (SSSR count). The van der Waals surface area contributed by atoms with Crippen molar-refractivity contribution in [2.24, 2.45) is 0 Å². The van der Waals surface area contributed by atoms with Crippen LogP contribution in [0.15, 0.2) is 170 Å². The van der Waals surface area contributed by atoms with Gasteiger partial charge in [0.05, 0.1) is 9.40 Å². The summed E-state index contributed by atoms with van der Waals surface area (Å²) < 4.78 is 5.33. The summed E-state index contributed by atoms with van der Waals surface area (Å²) in [6, 6.07) is 62.0. The molecule has 0 aliphatic rings. The minimum atomic E-state index is 1.15. The molecule has 0 radical (unpaired) electrons. The average molecular weight is 703 g/mol. The number of hydrogen-bond acceptors (Lipinski definition) is 4. The number of anilines is 6. The van der Waals surface area contributed by atoms with E-state index in [1.807, 2.05) is 22.7 Å². The average Bonchev–Trinajstić information content (AvgIpc) is 3.75. The van der Waals surface area contributed by atoms with Crippen LogP contribution in [0, 0.1) is 13.8 Å². The summed E-state index contributed by atoms with van der Waals surface area (Å²) >= 11 is 3.85. The first-order chi connectivity index (χ1) is 25.6. The number of aryl methyl sites for hydroxylation is 2. The Morgan fingerprint density at radius 3 is 1.13 bits per heavy atom. The Hall–Kier alpha value is -5.94. The van der Waals surface area contributed by atoms with Gasteiger partial charge in [0.25, 0.3) is 0 Å². The Morgan fingerprint density at radius 1 is 0.327 bits per heavy atom. The number of para-hydroxylation sites is 2. The van der Waals surface area contributed by atoms with Crippen LogP contribution in [0.1, 0.15) is 11.1 Å². The van der Waals surface area contributed by atoms with Crippen LogP contribution in [0.2, 0.25) is 0 Å². The summed E-state index contributed by atoms with van der Waals surface area (Å²) in [4.78, 5) is 4.75. The SMILES string of the molecule is Cc1cccc(N(c2ccccc2)c2ccc3c(c2)sc2c4sc5cc(N(c6ccccc6)c6cccc(C)c6)ccc5c4c4ccccc4c32)c1. The highest BCUT2D eigenvalue weighted by molar-refractivity contribution is 7.33. The minimum absolute atomic E-state index is 1.15. The fourth-order valence-corrected chi connectivity index (χ4v) is 10.4. The monoisotopic (exact) mass is 702 g/mol. The maximum Gasteiger partial charge on any atom is 0.0540 e. The summed E-state index contributed by atoms with van der Waals surface area (Å²) in [7, 11) is 0. The van der Waals surface area contributed by atoms with Gasteiger partial charge in [-0.2, -0.15) is 0 Å². The third-order valence-corrected chi connectivity index (χ3v) is 12.6. The molecule has 8 aromatic carbocycles. The summed E-state index contributed by atoms with van der Waals surface area (Å²) in [5.41, 5.74) is 9.44. The molecule has 248 valence electrons. The molecule has 4 heteroatoms. The molecular weight excluding hydrogens is 669 g/mol. The Morgan fingerprint density at radius 2 is 0.712 bits per heavy atom. The molecule has 0 aliphatic carbocycles. The fraction of sp³-hybridized carbons (Fsp3) is 0.0417. The quantitative estimate of drug-likeness (QED) is 0.170. The molecular formula is C48H34N2S2. The second-order valence-corrected chi connectivity index (χ2v) is 15.6. The van der Waals surface area contributed by atoms with Crippen LogP contribution >= 0.6 is 22.7 Å². The fourth-order valence-electron chi connectivity index (χ4n) is 7.81. The van der Waals surface area contributed by atoms with E-state index in [4.69, 9.17) is 0 Å². The van der Waals surface area contributed by atoms with Gasteiger partial charge in [-0.3, -0.25) is 0 Å². The molecule has 2 heterocycles. The van der Waals surface area contributed by atoms with Gasteiger partial charge in [0.1, 0.15) is 0 Å². The van der Waals surface area contributed by atoms with Gasteiger partial charge in [0, 0.05) is 65.1 Å². The zero-order valence-corrected chi connectivity index (χ0v) is 30.5. The topological polar surface area (TPSA) is 6.48 Å². The molecule has 0 amide bonds. The smallest absolute Gasteiger partial charge is 0.0540 e. The first kappa shape index (κ1) is 30.8. The van der Waals surface area contributed by atoms with Gasteiger partial charge in [-0.05, 0) is 109 Å². The molecule has 0 aliphatic heterocycles. The van der Waals surface area contributed by atoms with Crippen molar-refractivity contribution in [3.8, 4) is 0 Å². The molecule has 0 spiro atoms. The first-order valence-electron chi connectivity index (χ1n) is 17.7. The predicted octanol–water partition coefficient (Wildman–Crippen LogP) is 15.1. The Labute approximate surface area is 311 Å². The molecule has 0 bridgehead atoms. The first-order valence-corrected chi connectivity index (χ1v) is 19.3. The Balaban J connectivity index is 1.20.